The van der Waals surface area contributed by atoms with Crippen LogP contribution in [0.25, 0.3) is 0 Å². The van der Waals surface area contributed by atoms with Crippen molar-refractivity contribution in [2.24, 2.45) is 5.73 Å². The third kappa shape index (κ3) is 3.20. The predicted octanol–water partition coefficient (Wildman–Crippen LogP) is 1.60. The molecule has 2 rings (SSSR count). The third-order valence-corrected chi connectivity index (χ3v) is 3.01. The first-order valence-corrected chi connectivity index (χ1v) is 6.19. The SMILES string of the molecule is Cc1ccc(C(N)C(=O)NC(C)c2ncc[nH]2)cc1. The highest BCUT2D eigenvalue weighted by atomic mass is 16.2. The average Bonchev–Trinajstić information content (AvgIpc) is 2.92. The second-order valence-electron chi connectivity index (χ2n) is 4.59. The Labute approximate surface area is 112 Å². The minimum Gasteiger partial charge on any atom is -0.347 e. The number of hydrogen-bond acceptors (Lipinski definition) is 3. The number of rotatable bonds is 4. The fourth-order valence-corrected chi connectivity index (χ4v) is 1.81. The molecule has 0 fully saturated rings. The van der Waals surface area contributed by atoms with E-state index in [1.54, 1.807) is 12.4 Å². The van der Waals surface area contributed by atoms with E-state index < -0.39 is 6.04 Å². The number of nitrogens with one attached hydrogen (secondary N) is 2. The Balaban J connectivity index is 2.01. The predicted molar refractivity (Wildman–Crippen MR) is 73.3 cm³/mol. The summed E-state index contributed by atoms with van der Waals surface area (Å²) in [7, 11) is 0. The van der Waals surface area contributed by atoms with Crippen molar-refractivity contribution in [3.8, 4) is 0 Å². The number of hydrogen-bond donors (Lipinski definition) is 3. The average molecular weight is 258 g/mol. The molecule has 0 bridgehead atoms. The lowest BCUT2D eigenvalue weighted by Crippen LogP contribution is -2.36. The van der Waals surface area contributed by atoms with Gasteiger partial charge in [0.15, 0.2) is 0 Å². The van der Waals surface area contributed by atoms with Gasteiger partial charge in [0.05, 0.1) is 6.04 Å². The van der Waals surface area contributed by atoms with Crippen molar-refractivity contribution >= 4 is 5.91 Å². The van der Waals surface area contributed by atoms with Gasteiger partial charge in [-0.2, -0.15) is 0 Å². The minimum atomic E-state index is -0.669. The standard InChI is InChI=1S/C14H18N4O/c1-9-3-5-11(6-4-9)12(15)14(19)18-10(2)13-16-7-8-17-13/h3-8,10,12H,15H2,1-2H3,(H,16,17)(H,18,19). The summed E-state index contributed by atoms with van der Waals surface area (Å²) in [6.45, 7) is 3.85. The molecule has 2 aromatic rings. The fourth-order valence-electron chi connectivity index (χ4n) is 1.81. The number of aromatic nitrogens is 2. The van der Waals surface area contributed by atoms with Crippen LogP contribution >= 0.6 is 0 Å². The number of aryl methyl sites for hydroxylation is 1. The van der Waals surface area contributed by atoms with Crippen LogP contribution in [-0.4, -0.2) is 15.9 Å². The Kier molecular flexibility index (Phi) is 3.97. The summed E-state index contributed by atoms with van der Waals surface area (Å²) < 4.78 is 0. The number of nitrogens with zero attached hydrogens (tertiary/aromatic N) is 1. The maximum absolute atomic E-state index is 12.1. The van der Waals surface area contributed by atoms with E-state index in [1.807, 2.05) is 38.1 Å². The van der Waals surface area contributed by atoms with Gasteiger partial charge in [-0.15, -0.1) is 0 Å². The summed E-state index contributed by atoms with van der Waals surface area (Å²) in [6, 6.07) is 6.77. The first-order valence-electron chi connectivity index (χ1n) is 6.19. The van der Waals surface area contributed by atoms with Gasteiger partial charge in [-0.1, -0.05) is 29.8 Å². The molecule has 1 aromatic carbocycles. The van der Waals surface area contributed by atoms with Crippen molar-refractivity contribution < 1.29 is 4.79 Å². The Hall–Kier alpha value is -2.14. The normalized spacial score (nSPS) is 13.8. The first-order chi connectivity index (χ1) is 9.08. The molecule has 2 atom stereocenters. The molecule has 1 amide bonds. The third-order valence-electron chi connectivity index (χ3n) is 3.01. The second kappa shape index (κ2) is 5.67. The molecule has 4 N–H and O–H groups in total. The monoisotopic (exact) mass is 258 g/mol. The first kappa shape index (κ1) is 13.3. The zero-order chi connectivity index (χ0) is 13.8. The van der Waals surface area contributed by atoms with Gasteiger partial charge in [-0.05, 0) is 19.4 Å². The Morgan fingerprint density at radius 3 is 2.63 bits per heavy atom. The molecule has 2 unspecified atom stereocenters. The largest absolute Gasteiger partial charge is 0.347 e. The van der Waals surface area contributed by atoms with E-state index in [9.17, 15) is 4.79 Å². The van der Waals surface area contributed by atoms with E-state index >= 15 is 0 Å². The summed E-state index contributed by atoms with van der Waals surface area (Å²) in [5.74, 6) is 0.497. The molecule has 0 aliphatic heterocycles. The van der Waals surface area contributed by atoms with Crippen molar-refractivity contribution in [3.63, 3.8) is 0 Å². The van der Waals surface area contributed by atoms with Crippen molar-refractivity contribution in [2.45, 2.75) is 25.9 Å². The van der Waals surface area contributed by atoms with Crippen LogP contribution in [0.2, 0.25) is 0 Å². The van der Waals surface area contributed by atoms with Gasteiger partial charge in [0.1, 0.15) is 11.9 Å². The highest BCUT2D eigenvalue weighted by Gasteiger charge is 2.19. The van der Waals surface area contributed by atoms with E-state index in [-0.39, 0.29) is 11.9 Å². The minimum absolute atomic E-state index is 0.195. The molecule has 0 saturated heterocycles. The smallest absolute Gasteiger partial charge is 0.242 e. The molecule has 0 aliphatic carbocycles. The van der Waals surface area contributed by atoms with Crippen molar-refractivity contribution in [3.05, 3.63) is 53.6 Å². The van der Waals surface area contributed by atoms with Gasteiger partial charge in [0.25, 0.3) is 0 Å². The number of H-pyrrole nitrogens is 1. The van der Waals surface area contributed by atoms with Gasteiger partial charge in [0, 0.05) is 12.4 Å². The molecule has 5 nitrogen and oxygen atoms in total. The molecular weight excluding hydrogens is 240 g/mol. The fraction of sp³-hybridized carbons (Fsp3) is 0.286. The van der Waals surface area contributed by atoms with Crippen molar-refractivity contribution in [1.29, 1.82) is 0 Å². The van der Waals surface area contributed by atoms with Crippen LogP contribution in [0.4, 0.5) is 0 Å². The number of carbonyl (C=O) groups excluding carboxylic acids is 1. The number of nitrogens with two attached hydrogens (primary N) is 1. The second-order valence-corrected chi connectivity index (χ2v) is 4.59. The topological polar surface area (TPSA) is 83.8 Å². The number of imidazole rings is 1. The summed E-state index contributed by atoms with van der Waals surface area (Å²) in [5, 5.41) is 2.84. The maximum Gasteiger partial charge on any atom is 0.242 e. The number of benzene rings is 1. The van der Waals surface area contributed by atoms with Crippen LogP contribution in [0.15, 0.2) is 36.7 Å². The van der Waals surface area contributed by atoms with Crippen LogP contribution in [0.3, 0.4) is 0 Å². The summed E-state index contributed by atoms with van der Waals surface area (Å²) >= 11 is 0. The molecule has 1 aromatic heterocycles. The van der Waals surface area contributed by atoms with Crippen molar-refractivity contribution in [2.75, 3.05) is 0 Å². The van der Waals surface area contributed by atoms with E-state index in [0.29, 0.717) is 5.82 Å². The van der Waals surface area contributed by atoms with E-state index in [0.717, 1.165) is 11.1 Å². The molecule has 100 valence electrons. The van der Waals surface area contributed by atoms with Crippen LogP contribution in [-0.2, 0) is 4.79 Å². The lowest BCUT2D eigenvalue weighted by molar-refractivity contribution is -0.123. The number of amides is 1. The zero-order valence-electron chi connectivity index (χ0n) is 11.1. The Morgan fingerprint density at radius 2 is 2.05 bits per heavy atom. The molecule has 0 saturated carbocycles. The molecule has 19 heavy (non-hydrogen) atoms. The molecular formula is C14H18N4O. The summed E-state index contributed by atoms with van der Waals surface area (Å²) in [5.41, 5.74) is 7.89. The van der Waals surface area contributed by atoms with E-state index in [2.05, 4.69) is 15.3 Å². The molecule has 0 aliphatic rings. The highest BCUT2D eigenvalue weighted by Crippen LogP contribution is 2.13. The van der Waals surface area contributed by atoms with Gasteiger partial charge in [-0.3, -0.25) is 4.79 Å². The number of aromatic amines is 1. The van der Waals surface area contributed by atoms with Crippen LogP contribution in [0.1, 0.15) is 36.0 Å². The molecule has 5 heteroatoms. The molecule has 0 radical (unpaired) electrons. The van der Waals surface area contributed by atoms with Crippen LogP contribution in [0.5, 0.6) is 0 Å². The summed E-state index contributed by atoms with van der Waals surface area (Å²) in [6.07, 6.45) is 3.37. The zero-order valence-corrected chi connectivity index (χ0v) is 11.1. The highest BCUT2D eigenvalue weighted by molar-refractivity contribution is 5.83. The van der Waals surface area contributed by atoms with Gasteiger partial charge in [0.2, 0.25) is 5.91 Å². The maximum atomic E-state index is 12.1. The molecule has 0 spiro atoms. The Bertz CT molecular complexity index is 533. The lowest BCUT2D eigenvalue weighted by Gasteiger charge is -2.16. The van der Waals surface area contributed by atoms with Gasteiger partial charge < -0.3 is 16.0 Å². The molecule has 1 heterocycles. The van der Waals surface area contributed by atoms with Crippen LogP contribution in [0, 0.1) is 6.92 Å². The van der Waals surface area contributed by atoms with Crippen LogP contribution < -0.4 is 11.1 Å². The van der Waals surface area contributed by atoms with Crippen molar-refractivity contribution in [1.82, 2.24) is 15.3 Å². The lowest BCUT2D eigenvalue weighted by atomic mass is 10.1. The van der Waals surface area contributed by atoms with Gasteiger partial charge >= 0.3 is 0 Å². The van der Waals surface area contributed by atoms with E-state index in [1.165, 1.54) is 0 Å². The van der Waals surface area contributed by atoms with Gasteiger partial charge in [-0.25, -0.2) is 4.98 Å². The summed E-state index contributed by atoms with van der Waals surface area (Å²) in [4.78, 5) is 19.1. The Morgan fingerprint density at radius 1 is 1.37 bits per heavy atom. The quantitative estimate of drug-likeness (QED) is 0.778. The van der Waals surface area contributed by atoms with E-state index in [4.69, 9.17) is 5.73 Å². The number of carbonyl (C=O) groups is 1.